The van der Waals surface area contributed by atoms with E-state index in [1.165, 1.54) is 6.07 Å². The number of hydrogen-bond acceptors (Lipinski definition) is 4. The summed E-state index contributed by atoms with van der Waals surface area (Å²) in [5.41, 5.74) is 0.229. The highest BCUT2D eigenvalue weighted by molar-refractivity contribution is 5.96. The summed E-state index contributed by atoms with van der Waals surface area (Å²) in [6.45, 7) is 4.37. The van der Waals surface area contributed by atoms with Gasteiger partial charge in [-0.1, -0.05) is 13.0 Å². The Bertz CT molecular complexity index is 965. The highest BCUT2D eigenvalue weighted by Crippen LogP contribution is 2.36. The summed E-state index contributed by atoms with van der Waals surface area (Å²) in [5.74, 6) is -1.02. The van der Waals surface area contributed by atoms with Crippen molar-refractivity contribution in [2.24, 2.45) is 0 Å². The molecule has 2 fully saturated rings. The number of aryl methyl sites for hydroxylation is 1. The molecule has 2 aliphatic heterocycles. The van der Waals surface area contributed by atoms with Crippen LogP contribution in [0.2, 0.25) is 0 Å². The minimum absolute atomic E-state index is 0. The van der Waals surface area contributed by atoms with Gasteiger partial charge in [-0.25, -0.2) is 4.39 Å². The fourth-order valence-electron chi connectivity index (χ4n) is 4.94. The normalized spacial score (nSPS) is 23.8. The molecule has 0 radical (unpaired) electrons. The molecule has 2 atom stereocenters. The second-order valence-corrected chi connectivity index (χ2v) is 8.19. The van der Waals surface area contributed by atoms with Gasteiger partial charge in [-0.2, -0.15) is 5.10 Å². The van der Waals surface area contributed by atoms with E-state index in [2.05, 4.69) is 22.1 Å². The van der Waals surface area contributed by atoms with Crippen LogP contribution in [-0.4, -0.2) is 57.6 Å². The largest absolute Gasteiger partial charge is 0.334 e. The number of fused-ring (bicyclic) bond motifs is 3. The molecule has 1 aromatic heterocycles. The van der Waals surface area contributed by atoms with Crippen molar-refractivity contribution in [1.29, 1.82) is 0 Å². The third-order valence-corrected chi connectivity index (χ3v) is 6.53. The van der Waals surface area contributed by atoms with E-state index in [0.29, 0.717) is 24.1 Å². The molecule has 2 unspecified atom stereocenters. The van der Waals surface area contributed by atoms with Crippen molar-refractivity contribution >= 4 is 29.2 Å². The number of aromatic amines is 1. The van der Waals surface area contributed by atoms with Gasteiger partial charge in [-0.3, -0.25) is 14.7 Å². The van der Waals surface area contributed by atoms with Gasteiger partial charge in [-0.05, 0) is 57.7 Å². The Morgan fingerprint density at radius 2 is 1.97 bits per heavy atom. The van der Waals surface area contributed by atoms with E-state index in [9.17, 15) is 14.0 Å². The lowest BCUT2D eigenvalue weighted by Crippen LogP contribution is -2.51. The summed E-state index contributed by atoms with van der Waals surface area (Å²) in [6.07, 6.45) is 4.94. The second kappa shape index (κ2) is 8.40. The lowest BCUT2D eigenvalue weighted by molar-refractivity contribution is 0.0477. The summed E-state index contributed by atoms with van der Waals surface area (Å²) >= 11 is 0. The quantitative estimate of drug-likeness (QED) is 0.821. The van der Waals surface area contributed by atoms with Crippen LogP contribution >= 0.6 is 12.4 Å². The number of piperidine rings is 1. The molecule has 6 nitrogen and oxygen atoms in total. The number of hydrogen-bond donors (Lipinski definition) is 1. The predicted octanol–water partition coefficient (Wildman–Crippen LogP) is 3.27. The van der Waals surface area contributed by atoms with Crippen molar-refractivity contribution in [3.8, 4) is 0 Å². The van der Waals surface area contributed by atoms with Crippen LogP contribution < -0.4 is 5.43 Å². The van der Waals surface area contributed by atoms with Crippen molar-refractivity contribution in [2.75, 3.05) is 13.6 Å². The summed E-state index contributed by atoms with van der Waals surface area (Å²) in [6, 6.07) is 3.92. The first kappa shape index (κ1) is 21.7. The molecule has 2 saturated heterocycles. The van der Waals surface area contributed by atoms with Crippen molar-refractivity contribution in [1.82, 2.24) is 20.0 Å². The van der Waals surface area contributed by atoms with E-state index in [-0.39, 0.29) is 35.4 Å². The van der Waals surface area contributed by atoms with Gasteiger partial charge in [0, 0.05) is 24.7 Å². The minimum atomic E-state index is -0.628. The lowest BCUT2D eigenvalue weighted by atomic mass is 9.96. The van der Waals surface area contributed by atoms with E-state index in [0.717, 1.165) is 37.7 Å². The van der Waals surface area contributed by atoms with Gasteiger partial charge >= 0.3 is 0 Å². The third-order valence-electron chi connectivity index (χ3n) is 6.53. The van der Waals surface area contributed by atoms with Gasteiger partial charge in [-0.15, -0.1) is 12.4 Å². The van der Waals surface area contributed by atoms with Crippen LogP contribution in [0.5, 0.6) is 0 Å². The number of nitrogens with zero attached hydrogens (tertiary/aromatic N) is 3. The van der Waals surface area contributed by atoms with E-state index >= 15 is 0 Å². The standard InChI is InChI=1S/C21H27FN4O2.ClH/c1-4-9-26(15-10-13-6-7-14(11-15)25(13)3)21(28)19-20(27)17-16(22)8-5-12(2)18(17)23-24-19;/h5,8,13-15H,4,6-7,9-11H2,1-3H3,(H,23,27);1H. The molecule has 158 valence electrons. The van der Waals surface area contributed by atoms with Crippen LogP contribution in [0.15, 0.2) is 16.9 Å². The van der Waals surface area contributed by atoms with Crippen molar-refractivity contribution < 1.29 is 9.18 Å². The Kier molecular flexibility index (Phi) is 6.29. The summed E-state index contributed by atoms with van der Waals surface area (Å²) < 4.78 is 14.3. The first-order valence-corrected chi connectivity index (χ1v) is 10.1. The van der Waals surface area contributed by atoms with Crippen LogP contribution in [-0.2, 0) is 0 Å². The van der Waals surface area contributed by atoms with Crippen LogP contribution in [0.3, 0.4) is 0 Å². The van der Waals surface area contributed by atoms with Gasteiger partial charge in [0.1, 0.15) is 5.82 Å². The first-order chi connectivity index (χ1) is 13.4. The summed E-state index contributed by atoms with van der Waals surface area (Å²) in [7, 11) is 2.16. The maximum absolute atomic E-state index is 14.3. The van der Waals surface area contributed by atoms with Crippen LogP contribution in [0.25, 0.3) is 10.9 Å². The number of aromatic nitrogens is 2. The molecule has 2 aromatic rings. The fraction of sp³-hybridized carbons (Fsp3) is 0.571. The molecule has 4 rings (SSSR count). The van der Waals surface area contributed by atoms with Crippen LogP contribution in [0.4, 0.5) is 4.39 Å². The summed E-state index contributed by atoms with van der Waals surface area (Å²) in [4.78, 5) is 30.5. The smallest absolute Gasteiger partial charge is 0.278 e. The van der Waals surface area contributed by atoms with Gasteiger partial charge in [0.2, 0.25) is 5.43 Å². The maximum atomic E-state index is 14.3. The van der Waals surface area contributed by atoms with Crippen molar-refractivity contribution in [2.45, 2.75) is 64.1 Å². The minimum Gasteiger partial charge on any atom is -0.334 e. The highest BCUT2D eigenvalue weighted by Gasteiger charge is 2.42. The van der Waals surface area contributed by atoms with Crippen LogP contribution in [0, 0.1) is 12.7 Å². The number of benzene rings is 1. The molecular formula is C21H28ClFN4O2. The molecule has 1 aromatic carbocycles. The molecule has 8 heteroatoms. The Morgan fingerprint density at radius 1 is 1.31 bits per heavy atom. The van der Waals surface area contributed by atoms with E-state index in [1.807, 2.05) is 6.92 Å². The number of nitrogens with one attached hydrogen (secondary N) is 1. The highest BCUT2D eigenvalue weighted by atomic mass is 35.5. The number of rotatable bonds is 4. The van der Waals surface area contributed by atoms with E-state index in [1.54, 1.807) is 17.9 Å². The summed E-state index contributed by atoms with van der Waals surface area (Å²) in [5, 5.41) is 6.73. The van der Waals surface area contributed by atoms with Gasteiger partial charge < -0.3 is 9.80 Å². The average Bonchev–Trinajstić information content (AvgIpc) is 2.89. The Balaban J connectivity index is 0.00000240. The molecule has 2 aliphatic rings. The number of carbonyl (C=O) groups excluding carboxylic acids is 1. The second-order valence-electron chi connectivity index (χ2n) is 8.19. The molecule has 2 bridgehead atoms. The van der Waals surface area contributed by atoms with Crippen molar-refractivity contribution in [3.63, 3.8) is 0 Å². The first-order valence-electron chi connectivity index (χ1n) is 10.1. The molecule has 3 heterocycles. The molecule has 1 amide bonds. The zero-order valence-electron chi connectivity index (χ0n) is 17.1. The van der Waals surface area contributed by atoms with Crippen LogP contribution in [0.1, 0.15) is 55.1 Å². The zero-order chi connectivity index (χ0) is 20.0. The Hall–Kier alpha value is -1.99. The fourth-order valence-corrected chi connectivity index (χ4v) is 4.94. The lowest BCUT2D eigenvalue weighted by Gasteiger charge is -2.41. The van der Waals surface area contributed by atoms with E-state index in [4.69, 9.17) is 0 Å². The molecule has 1 N–H and O–H groups in total. The predicted molar refractivity (Wildman–Crippen MR) is 113 cm³/mol. The maximum Gasteiger partial charge on any atom is 0.278 e. The molecule has 0 saturated carbocycles. The van der Waals surface area contributed by atoms with Gasteiger partial charge in [0.25, 0.3) is 5.91 Å². The number of carbonyl (C=O) groups is 1. The SMILES string of the molecule is CCCN(C(=O)c1n[nH]c2c(C)ccc(F)c2c1=O)C1CC2CCC(C1)N2C.Cl. The van der Waals surface area contributed by atoms with Gasteiger partial charge in [0.05, 0.1) is 10.9 Å². The topological polar surface area (TPSA) is 69.3 Å². The Labute approximate surface area is 175 Å². The monoisotopic (exact) mass is 422 g/mol. The third kappa shape index (κ3) is 3.66. The zero-order valence-corrected chi connectivity index (χ0v) is 17.9. The molecule has 0 spiro atoms. The van der Waals surface area contributed by atoms with Crippen molar-refractivity contribution in [3.05, 3.63) is 39.4 Å². The number of H-pyrrole nitrogens is 1. The Morgan fingerprint density at radius 3 is 2.59 bits per heavy atom. The van der Waals surface area contributed by atoms with Gasteiger partial charge in [0.15, 0.2) is 5.69 Å². The van der Waals surface area contributed by atoms with E-state index < -0.39 is 11.2 Å². The average molecular weight is 423 g/mol. The molecule has 0 aliphatic carbocycles. The number of halogens is 2. The number of amides is 1. The molecular weight excluding hydrogens is 395 g/mol. The molecule has 29 heavy (non-hydrogen) atoms.